The van der Waals surface area contributed by atoms with Gasteiger partial charge in [0.2, 0.25) is 0 Å². The van der Waals surface area contributed by atoms with Gasteiger partial charge in [0.25, 0.3) is 0 Å². The van der Waals surface area contributed by atoms with Crippen LogP contribution in [0.15, 0.2) is 6.20 Å². The van der Waals surface area contributed by atoms with Gasteiger partial charge in [0.15, 0.2) is 0 Å². The fraction of sp³-hybridized carbons (Fsp3) is 0.769. The number of hydrogen-bond donors (Lipinski definition) is 2. The molecule has 2 N–H and O–H groups in total. The van der Waals surface area contributed by atoms with Crippen molar-refractivity contribution in [2.45, 2.75) is 45.2 Å². The SMILES string of the molecule is CC(C)[C@@H](CO)NC1CCCc2c1cnn2C. The van der Waals surface area contributed by atoms with Crippen molar-refractivity contribution in [3.63, 3.8) is 0 Å². The molecule has 0 radical (unpaired) electrons. The summed E-state index contributed by atoms with van der Waals surface area (Å²) in [5.74, 6) is 0.446. The lowest BCUT2D eigenvalue weighted by molar-refractivity contribution is 0.194. The summed E-state index contributed by atoms with van der Waals surface area (Å²) in [5, 5.41) is 17.3. The zero-order chi connectivity index (χ0) is 12.4. The lowest BCUT2D eigenvalue weighted by atomic mass is 9.91. The Balaban J connectivity index is 2.13. The Morgan fingerprint density at radius 1 is 1.59 bits per heavy atom. The zero-order valence-corrected chi connectivity index (χ0v) is 11.0. The Morgan fingerprint density at radius 2 is 2.35 bits per heavy atom. The molecule has 1 aromatic heterocycles. The summed E-state index contributed by atoms with van der Waals surface area (Å²) in [4.78, 5) is 0. The number of hydrogen-bond acceptors (Lipinski definition) is 3. The van der Waals surface area contributed by atoms with E-state index < -0.39 is 0 Å². The Bertz CT molecular complexity index is 373. The largest absolute Gasteiger partial charge is 0.395 e. The van der Waals surface area contributed by atoms with Crippen molar-refractivity contribution < 1.29 is 5.11 Å². The summed E-state index contributed by atoms with van der Waals surface area (Å²) in [6.45, 7) is 4.48. The second-order valence-corrected chi connectivity index (χ2v) is 5.31. The second-order valence-electron chi connectivity index (χ2n) is 5.31. The highest BCUT2D eigenvalue weighted by Crippen LogP contribution is 2.29. The molecule has 0 spiro atoms. The van der Waals surface area contributed by atoms with Crippen LogP contribution < -0.4 is 5.32 Å². The molecule has 0 aromatic carbocycles. The Morgan fingerprint density at radius 3 is 3.00 bits per heavy atom. The van der Waals surface area contributed by atoms with E-state index in [-0.39, 0.29) is 12.6 Å². The van der Waals surface area contributed by atoms with Crippen LogP contribution in [-0.2, 0) is 13.5 Å². The van der Waals surface area contributed by atoms with Crippen molar-refractivity contribution >= 4 is 0 Å². The van der Waals surface area contributed by atoms with E-state index in [2.05, 4.69) is 24.3 Å². The van der Waals surface area contributed by atoms with Crippen LogP contribution in [0.1, 0.15) is 44.0 Å². The minimum Gasteiger partial charge on any atom is -0.395 e. The molecule has 2 atom stereocenters. The molecule has 0 saturated carbocycles. The Kier molecular flexibility index (Phi) is 3.84. The van der Waals surface area contributed by atoms with Gasteiger partial charge < -0.3 is 10.4 Å². The van der Waals surface area contributed by atoms with Crippen LogP contribution >= 0.6 is 0 Å². The van der Waals surface area contributed by atoms with E-state index in [4.69, 9.17) is 0 Å². The number of fused-ring (bicyclic) bond motifs is 1. The third kappa shape index (κ3) is 2.53. The molecule has 2 rings (SSSR count). The lowest BCUT2D eigenvalue weighted by Gasteiger charge is -2.29. The minimum atomic E-state index is 0.172. The van der Waals surface area contributed by atoms with Gasteiger partial charge >= 0.3 is 0 Å². The highest BCUT2D eigenvalue weighted by atomic mass is 16.3. The molecule has 0 saturated heterocycles. The number of rotatable bonds is 4. The van der Waals surface area contributed by atoms with Gasteiger partial charge in [0.05, 0.1) is 12.8 Å². The molecule has 1 aliphatic rings. The van der Waals surface area contributed by atoms with Crippen LogP contribution in [0.5, 0.6) is 0 Å². The monoisotopic (exact) mass is 237 g/mol. The van der Waals surface area contributed by atoms with Crippen LogP contribution in [0.2, 0.25) is 0 Å². The van der Waals surface area contributed by atoms with Gasteiger partial charge in [-0.15, -0.1) is 0 Å². The van der Waals surface area contributed by atoms with Crippen LogP contribution in [0.3, 0.4) is 0 Å². The molecule has 1 unspecified atom stereocenters. The van der Waals surface area contributed by atoms with E-state index in [1.807, 2.05) is 17.9 Å². The predicted octanol–water partition coefficient (Wildman–Crippen LogP) is 1.40. The van der Waals surface area contributed by atoms with Gasteiger partial charge in [-0.1, -0.05) is 13.8 Å². The third-order valence-electron chi connectivity index (χ3n) is 3.79. The molecule has 0 aliphatic heterocycles. The van der Waals surface area contributed by atoms with Crippen molar-refractivity contribution in [1.82, 2.24) is 15.1 Å². The highest BCUT2D eigenvalue weighted by molar-refractivity contribution is 5.24. The molecule has 96 valence electrons. The van der Waals surface area contributed by atoms with Crippen molar-refractivity contribution in [2.75, 3.05) is 6.61 Å². The molecule has 17 heavy (non-hydrogen) atoms. The van der Waals surface area contributed by atoms with Gasteiger partial charge in [0, 0.05) is 30.4 Å². The summed E-state index contributed by atoms with van der Waals surface area (Å²) < 4.78 is 1.98. The van der Waals surface area contributed by atoms with E-state index in [0.29, 0.717) is 12.0 Å². The van der Waals surface area contributed by atoms with Crippen molar-refractivity contribution in [2.24, 2.45) is 13.0 Å². The standard InChI is InChI=1S/C13H23N3O/c1-9(2)12(8-17)15-11-5-4-6-13-10(11)7-14-16(13)3/h7,9,11-12,15,17H,4-6,8H2,1-3H3/t11?,12-/m1/s1. The summed E-state index contributed by atoms with van der Waals surface area (Å²) in [7, 11) is 2.01. The summed E-state index contributed by atoms with van der Waals surface area (Å²) >= 11 is 0. The normalized spacial score (nSPS) is 21.6. The van der Waals surface area contributed by atoms with Gasteiger partial charge in [-0.3, -0.25) is 4.68 Å². The highest BCUT2D eigenvalue weighted by Gasteiger charge is 2.26. The fourth-order valence-corrected chi connectivity index (χ4v) is 2.59. The van der Waals surface area contributed by atoms with E-state index in [9.17, 15) is 5.11 Å². The maximum Gasteiger partial charge on any atom is 0.0587 e. The van der Waals surface area contributed by atoms with E-state index in [1.54, 1.807) is 0 Å². The Labute approximate surface area is 103 Å². The van der Waals surface area contributed by atoms with Crippen LogP contribution in [-0.4, -0.2) is 27.5 Å². The molecule has 1 aliphatic carbocycles. The average Bonchev–Trinajstić information content (AvgIpc) is 2.69. The van der Waals surface area contributed by atoms with E-state index in [0.717, 1.165) is 12.8 Å². The van der Waals surface area contributed by atoms with Crippen LogP contribution in [0.25, 0.3) is 0 Å². The van der Waals surface area contributed by atoms with E-state index >= 15 is 0 Å². The summed E-state index contributed by atoms with van der Waals surface area (Å²) in [5.41, 5.74) is 2.66. The molecule has 4 heteroatoms. The first-order chi connectivity index (χ1) is 8.13. The first-order valence-electron chi connectivity index (χ1n) is 6.51. The van der Waals surface area contributed by atoms with Crippen molar-refractivity contribution in [3.8, 4) is 0 Å². The minimum absolute atomic E-state index is 0.172. The molecule has 0 bridgehead atoms. The average molecular weight is 237 g/mol. The predicted molar refractivity (Wildman–Crippen MR) is 67.7 cm³/mol. The second kappa shape index (κ2) is 5.19. The van der Waals surface area contributed by atoms with Gasteiger partial charge in [-0.2, -0.15) is 5.10 Å². The topological polar surface area (TPSA) is 50.1 Å². The van der Waals surface area contributed by atoms with E-state index in [1.165, 1.54) is 17.7 Å². The molecule has 0 fully saturated rings. The third-order valence-corrected chi connectivity index (χ3v) is 3.79. The maximum atomic E-state index is 9.40. The van der Waals surface area contributed by atoms with Crippen molar-refractivity contribution in [1.29, 1.82) is 0 Å². The number of aliphatic hydroxyl groups is 1. The lowest BCUT2D eigenvalue weighted by Crippen LogP contribution is -2.40. The van der Waals surface area contributed by atoms with Gasteiger partial charge in [-0.25, -0.2) is 0 Å². The number of aliphatic hydroxyl groups excluding tert-OH is 1. The van der Waals surface area contributed by atoms with Crippen LogP contribution in [0, 0.1) is 5.92 Å². The smallest absolute Gasteiger partial charge is 0.0587 e. The first-order valence-corrected chi connectivity index (χ1v) is 6.51. The molecular formula is C13H23N3O. The van der Waals surface area contributed by atoms with Gasteiger partial charge in [0.1, 0.15) is 0 Å². The quantitative estimate of drug-likeness (QED) is 0.832. The van der Waals surface area contributed by atoms with Crippen LogP contribution in [0.4, 0.5) is 0 Å². The number of aromatic nitrogens is 2. The first kappa shape index (κ1) is 12.6. The molecule has 0 amide bonds. The molecular weight excluding hydrogens is 214 g/mol. The zero-order valence-electron chi connectivity index (χ0n) is 11.0. The summed E-state index contributed by atoms with van der Waals surface area (Å²) in [6.07, 6.45) is 5.43. The number of nitrogens with one attached hydrogen (secondary N) is 1. The summed E-state index contributed by atoms with van der Waals surface area (Å²) in [6, 6.07) is 0.526. The molecule has 4 nitrogen and oxygen atoms in total. The maximum absolute atomic E-state index is 9.40. The van der Waals surface area contributed by atoms with Crippen molar-refractivity contribution in [3.05, 3.63) is 17.5 Å². The number of aryl methyl sites for hydroxylation is 1. The molecule has 1 heterocycles. The van der Waals surface area contributed by atoms with Gasteiger partial charge in [-0.05, 0) is 25.2 Å². The fourth-order valence-electron chi connectivity index (χ4n) is 2.59. The Hall–Kier alpha value is -0.870. The molecule has 1 aromatic rings. The number of nitrogens with zero attached hydrogens (tertiary/aromatic N) is 2.